The standard InChI is InChI=1S/C14H8BrF3O3/c15-13-7-12(2-1-9(13)8-19)20-10-3-5-11(6-4-10)21-14(16,17)18/h1-8H. The van der Waals surface area contributed by atoms with E-state index in [-0.39, 0.29) is 5.75 Å². The molecule has 3 nitrogen and oxygen atoms in total. The summed E-state index contributed by atoms with van der Waals surface area (Å²) in [7, 11) is 0. The van der Waals surface area contributed by atoms with Gasteiger partial charge in [-0.1, -0.05) is 0 Å². The monoisotopic (exact) mass is 360 g/mol. The maximum Gasteiger partial charge on any atom is 0.573 e. The molecule has 0 heterocycles. The Hall–Kier alpha value is -2.02. The Morgan fingerprint density at radius 1 is 0.952 bits per heavy atom. The Morgan fingerprint density at radius 3 is 2.05 bits per heavy atom. The van der Waals surface area contributed by atoms with Crippen molar-refractivity contribution in [2.75, 3.05) is 0 Å². The molecule has 0 radical (unpaired) electrons. The lowest BCUT2D eigenvalue weighted by atomic mass is 10.2. The van der Waals surface area contributed by atoms with Crippen LogP contribution >= 0.6 is 15.9 Å². The van der Waals surface area contributed by atoms with Crippen molar-refractivity contribution >= 4 is 22.2 Å². The van der Waals surface area contributed by atoms with Gasteiger partial charge in [-0.25, -0.2) is 0 Å². The summed E-state index contributed by atoms with van der Waals surface area (Å²) in [5, 5.41) is 0. The van der Waals surface area contributed by atoms with Crippen LogP contribution in [0.1, 0.15) is 10.4 Å². The fraction of sp³-hybridized carbons (Fsp3) is 0.0714. The average molecular weight is 361 g/mol. The number of rotatable bonds is 4. The molecular weight excluding hydrogens is 353 g/mol. The minimum atomic E-state index is -4.72. The van der Waals surface area contributed by atoms with Crippen LogP contribution in [-0.4, -0.2) is 12.6 Å². The normalized spacial score (nSPS) is 11.0. The Bertz CT molecular complexity index is 639. The summed E-state index contributed by atoms with van der Waals surface area (Å²) in [6.07, 6.45) is -4.03. The fourth-order valence-electron chi connectivity index (χ4n) is 1.51. The van der Waals surface area contributed by atoms with Gasteiger partial charge in [0.2, 0.25) is 0 Å². The highest BCUT2D eigenvalue weighted by Crippen LogP contribution is 2.29. The summed E-state index contributed by atoms with van der Waals surface area (Å²) in [6.45, 7) is 0. The van der Waals surface area contributed by atoms with Gasteiger partial charge >= 0.3 is 6.36 Å². The molecule has 0 aliphatic heterocycles. The molecule has 2 rings (SSSR count). The van der Waals surface area contributed by atoms with E-state index in [2.05, 4.69) is 20.7 Å². The lowest BCUT2D eigenvalue weighted by Gasteiger charge is -2.10. The van der Waals surface area contributed by atoms with Crippen molar-refractivity contribution in [3.8, 4) is 17.2 Å². The summed E-state index contributed by atoms with van der Waals surface area (Å²) in [4.78, 5) is 10.7. The lowest BCUT2D eigenvalue weighted by molar-refractivity contribution is -0.274. The molecule has 7 heteroatoms. The van der Waals surface area contributed by atoms with Gasteiger partial charge in [0.25, 0.3) is 0 Å². The van der Waals surface area contributed by atoms with Gasteiger partial charge in [0.1, 0.15) is 17.2 Å². The van der Waals surface area contributed by atoms with Gasteiger partial charge in [0.05, 0.1) is 0 Å². The third-order valence-electron chi connectivity index (χ3n) is 2.39. The first-order chi connectivity index (χ1) is 9.87. The Kier molecular flexibility index (Phi) is 4.52. The van der Waals surface area contributed by atoms with E-state index in [1.54, 1.807) is 18.2 Å². The SMILES string of the molecule is O=Cc1ccc(Oc2ccc(OC(F)(F)F)cc2)cc1Br. The fourth-order valence-corrected chi connectivity index (χ4v) is 1.96. The number of ether oxygens (including phenoxy) is 2. The molecule has 0 aliphatic rings. The number of aldehydes is 1. The molecule has 21 heavy (non-hydrogen) atoms. The van der Waals surface area contributed by atoms with Gasteiger partial charge in [-0.15, -0.1) is 13.2 Å². The number of benzene rings is 2. The molecule has 0 aromatic heterocycles. The quantitative estimate of drug-likeness (QED) is 0.723. The summed E-state index contributed by atoms with van der Waals surface area (Å²) < 4.78 is 45.8. The Balaban J connectivity index is 2.10. The first-order valence-corrected chi connectivity index (χ1v) is 6.45. The van der Waals surface area contributed by atoms with E-state index in [1.165, 1.54) is 12.1 Å². The Morgan fingerprint density at radius 2 is 1.52 bits per heavy atom. The van der Waals surface area contributed by atoms with E-state index < -0.39 is 6.36 Å². The zero-order valence-electron chi connectivity index (χ0n) is 10.4. The molecule has 0 spiro atoms. The molecule has 0 N–H and O–H groups in total. The van der Waals surface area contributed by atoms with Crippen molar-refractivity contribution < 1.29 is 27.4 Å². The highest BCUT2D eigenvalue weighted by Gasteiger charge is 2.30. The molecule has 0 saturated heterocycles. The molecule has 0 fully saturated rings. The number of hydrogen-bond donors (Lipinski definition) is 0. The highest BCUT2D eigenvalue weighted by atomic mass is 79.9. The second-order valence-corrected chi connectivity index (χ2v) is 4.78. The first-order valence-electron chi connectivity index (χ1n) is 5.66. The van der Waals surface area contributed by atoms with Crippen molar-refractivity contribution in [2.45, 2.75) is 6.36 Å². The lowest BCUT2D eigenvalue weighted by Crippen LogP contribution is -2.16. The zero-order valence-corrected chi connectivity index (χ0v) is 11.9. The van der Waals surface area contributed by atoms with Crippen LogP contribution in [0.25, 0.3) is 0 Å². The maximum atomic E-state index is 12.0. The summed E-state index contributed by atoms with van der Waals surface area (Å²) in [5.41, 5.74) is 0.469. The molecule has 0 bridgehead atoms. The highest BCUT2D eigenvalue weighted by molar-refractivity contribution is 9.10. The van der Waals surface area contributed by atoms with E-state index >= 15 is 0 Å². The van der Waals surface area contributed by atoms with E-state index in [9.17, 15) is 18.0 Å². The minimum Gasteiger partial charge on any atom is -0.457 e. The number of carbonyl (C=O) groups is 1. The van der Waals surface area contributed by atoms with Crippen LogP contribution in [0.5, 0.6) is 17.2 Å². The molecule has 0 saturated carbocycles. The van der Waals surface area contributed by atoms with Crippen LogP contribution in [0.3, 0.4) is 0 Å². The molecule has 110 valence electrons. The molecule has 0 aliphatic carbocycles. The van der Waals surface area contributed by atoms with Crippen LogP contribution in [0, 0.1) is 0 Å². The largest absolute Gasteiger partial charge is 0.573 e. The van der Waals surface area contributed by atoms with E-state index in [1.807, 2.05) is 0 Å². The maximum absolute atomic E-state index is 12.0. The van der Waals surface area contributed by atoms with Crippen molar-refractivity contribution in [3.63, 3.8) is 0 Å². The van der Waals surface area contributed by atoms with Gasteiger partial charge in [0, 0.05) is 10.0 Å². The van der Waals surface area contributed by atoms with Crippen LogP contribution in [0.2, 0.25) is 0 Å². The summed E-state index contributed by atoms with van der Waals surface area (Å²) in [5.74, 6) is 0.458. The van der Waals surface area contributed by atoms with Crippen LogP contribution < -0.4 is 9.47 Å². The van der Waals surface area contributed by atoms with Gasteiger partial charge in [-0.05, 0) is 58.4 Å². The topological polar surface area (TPSA) is 35.5 Å². The molecule has 2 aromatic carbocycles. The van der Waals surface area contributed by atoms with Crippen molar-refractivity contribution in [1.82, 2.24) is 0 Å². The molecule has 2 aromatic rings. The van der Waals surface area contributed by atoms with E-state index in [0.29, 0.717) is 27.8 Å². The second kappa shape index (κ2) is 6.17. The van der Waals surface area contributed by atoms with Gasteiger partial charge in [0.15, 0.2) is 6.29 Å². The first kappa shape index (κ1) is 15.4. The summed E-state index contributed by atoms with van der Waals surface area (Å²) in [6, 6.07) is 9.73. The van der Waals surface area contributed by atoms with Crippen molar-refractivity contribution in [3.05, 3.63) is 52.5 Å². The predicted octanol–water partition coefficient (Wildman–Crippen LogP) is 4.95. The summed E-state index contributed by atoms with van der Waals surface area (Å²) >= 11 is 3.21. The van der Waals surface area contributed by atoms with Gasteiger partial charge < -0.3 is 9.47 Å². The van der Waals surface area contributed by atoms with E-state index in [4.69, 9.17) is 4.74 Å². The zero-order chi connectivity index (χ0) is 15.5. The van der Waals surface area contributed by atoms with Crippen LogP contribution in [0.15, 0.2) is 46.9 Å². The number of hydrogen-bond acceptors (Lipinski definition) is 3. The van der Waals surface area contributed by atoms with Gasteiger partial charge in [-0.2, -0.15) is 0 Å². The molecule has 0 amide bonds. The molecule has 0 atom stereocenters. The molecular formula is C14H8BrF3O3. The number of carbonyl (C=O) groups excluding carboxylic acids is 1. The number of halogens is 4. The minimum absolute atomic E-state index is 0.327. The van der Waals surface area contributed by atoms with Crippen LogP contribution in [-0.2, 0) is 0 Å². The third-order valence-corrected chi connectivity index (χ3v) is 3.08. The second-order valence-electron chi connectivity index (χ2n) is 3.92. The van der Waals surface area contributed by atoms with Crippen LogP contribution in [0.4, 0.5) is 13.2 Å². The Labute approximate surface area is 126 Å². The van der Waals surface area contributed by atoms with E-state index in [0.717, 1.165) is 12.1 Å². The third kappa shape index (κ3) is 4.49. The van der Waals surface area contributed by atoms with Crippen molar-refractivity contribution in [1.29, 1.82) is 0 Å². The predicted molar refractivity (Wildman–Crippen MR) is 72.7 cm³/mol. The number of alkyl halides is 3. The van der Waals surface area contributed by atoms with Gasteiger partial charge in [-0.3, -0.25) is 4.79 Å². The average Bonchev–Trinajstić information content (AvgIpc) is 2.40. The smallest absolute Gasteiger partial charge is 0.457 e. The van der Waals surface area contributed by atoms with Crippen molar-refractivity contribution in [2.24, 2.45) is 0 Å². The molecule has 0 unspecified atom stereocenters.